The quantitative estimate of drug-likeness (QED) is 0.424. The predicted octanol–water partition coefficient (Wildman–Crippen LogP) is 5.21. The molecule has 4 aliphatic heterocycles. The lowest BCUT2D eigenvalue weighted by molar-refractivity contribution is -0.207. The Kier molecular flexibility index (Phi) is 7.72. The number of alkyl halides is 3. The summed E-state index contributed by atoms with van der Waals surface area (Å²) in [6.07, 6.45) is -2.55. The zero-order valence-electron chi connectivity index (χ0n) is 25.4. The number of amides is 1. The van der Waals surface area contributed by atoms with Crippen LogP contribution in [0, 0.1) is 0 Å². The van der Waals surface area contributed by atoms with Gasteiger partial charge in [-0.05, 0) is 78.7 Å². The second-order valence-electron chi connectivity index (χ2n) is 13.4. The molecule has 2 aromatic rings. The smallest absolute Gasteiger partial charge is 0.410 e. The molecule has 43 heavy (non-hydrogen) atoms. The number of rotatable bonds is 4. The third-order valence-corrected chi connectivity index (χ3v) is 9.75. The van der Waals surface area contributed by atoms with Crippen molar-refractivity contribution in [1.29, 1.82) is 0 Å². The largest absolute Gasteiger partial charge is 0.444 e. The van der Waals surface area contributed by atoms with Crippen molar-refractivity contribution in [2.24, 2.45) is 0 Å². The van der Waals surface area contributed by atoms with Crippen molar-refractivity contribution in [2.75, 3.05) is 25.9 Å². The van der Waals surface area contributed by atoms with Crippen LogP contribution in [0.4, 0.5) is 18.0 Å². The molecule has 6 heterocycles. The number of hydrogen-bond acceptors (Lipinski definition) is 9. The number of ether oxygens (including phenoxy) is 4. The second-order valence-corrected chi connectivity index (χ2v) is 14.2. The van der Waals surface area contributed by atoms with Gasteiger partial charge in [-0.15, -0.1) is 11.8 Å². The van der Waals surface area contributed by atoms with Crippen LogP contribution in [0.15, 0.2) is 23.5 Å². The highest BCUT2D eigenvalue weighted by Gasteiger charge is 2.61. The van der Waals surface area contributed by atoms with Crippen LogP contribution in [0.25, 0.3) is 5.52 Å². The maximum Gasteiger partial charge on any atom is 0.410 e. The standard InChI is InChI=1S/C29H40F3N5O5S/c1-26(2,3)42-25(38)35-13-11-28(12-14-35)10-9-20(29(30,31)32)36(28)15-19-22-23(41-27(4,5)40-22)21(39-19)17-7-8-18-24(43-6)33-16-34-37(17)18/h7-8,16,19-23H,9-15H2,1-6H3/t19-,20?,21+,22-,23+/m1/s1. The van der Waals surface area contributed by atoms with E-state index < -0.39 is 59.7 Å². The Labute approximate surface area is 253 Å². The van der Waals surface area contributed by atoms with Crippen molar-refractivity contribution >= 4 is 23.4 Å². The molecular formula is C29H40F3N5O5S. The molecule has 2 aromatic heterocycles. The Morgan fingerprint density at radius 1 is 1.12 bits per heavy atom. The summed E-state index contributed by atoms with van der Waals surface area (Å²) in [7, 11) is 0. The fourth-order valence-corrected chi connectivity index (χ4v) is 7.75. The van der Waals surface area contributed by atoms with E-state index in [-0.39, 0.29) is 13.0 Å². The topological polar surface area (TPSA) is 90.7 Å². The van der Waals surface area contributed by atoms with Crippen LogP contribution in [0.3, 0.4) is 0 Å². The number of hydrogen-bond donors (Lipinski definition) is 0. The first-order valence-electron chi connectivity index (χ1n) is 14.8. The summed E-state index contributed by atoms with van der Waals surface area (Å²) in [6.45, 7) is 9.71. The summed E-state index contributed by atoms with van der Waals surface area (Å²) < 4.78 is 70.0. The molecular weight excluding hydrogens is 587 g/mol. The third kappa shape index (κ3) is 5.73. The van der Waals surface area contributed by atoms with Gasteiger partial charge in [-0.1, -0.05) is 0 Å². The van der Waals surface area contributed by atoms with Crippen molar-refractivity contribution < 1.29 is 36.9 Å². The van der Waals surface area contributed by atoms with Crippen LogP contribution in [-0.4, -0.2) is 104 Å². The molecule has 1 amide bonds. The molecule has 0 N–H and O–H groups in total. The number of thioether (sulfide) groups is 1. The van der Waals surface area contributed by atoms with E-state index in [0.29, 0.717) is 32.4 Å². The first kappa shape index (κ1) is 30.9. The zero-order valence-corrected chi connectivity index (χ0v) is 26.2. The fraction of sp³-hybridized carbons (Fsp3) is 0.759. The van der Waals surface area contributed by atoms with E-state index in [9.17, 15) is 18.0 Å². The number of fused-ring (bicyclic) bond motifs is 2. The van der Waals surface area contributed by atoms with E-state index >= 15 is 0 Å². The van der Waals surface area contributed by atoms with Crippen LogP contribution in [0.1, 0.15) is 72.1 Å². The summed E-state index contributed by atoms with van der Waals surface area (Å²) in [5.41, 5.74) is 0.192. The van der Waals surface area contributed by atoms with E-state index in [2.05, 4.69) is 10.1 Å². The van der Waals surface area contributed by atoms with Gasteiger partial charge in [0.25, 0.3) is 0 Å². The van der Waals surface area contributed by atoms with Gasteiger partial charge in [-0.25, -0.2) is 14.3 Å². The Morgan fingerprint density at radius 3 is 2.47 bits per heavy atom. The molecule has 238 valence electrons. The maximum atomic E-state index is 14.5. The van der Waals surface area contributed by atoms with Crippen LogP contribution < -0.4 is 0 Å². The van der Waals surface area contributed by atoms with Gasteiger partial charge in [0.2, 0.25) is 0 Å². The molecule has 1 unspecified atom stereocenters. The SMILES string of the molecule is CSc1ncnn2c([C@@H]3O[C@H](CN4C(C(F)(F)F)CCC45CCN(C(=O)OC(C)(C)C)CC5)[C@H]4OC(C)(C)O[C@H]43)ccc12. The van der Waals surface area contributed by atoms with Gasteiger partial charge in [-0.2, -0.15) is 18.3 Å². The minimum absolute atomic E-state index is 0.000747. The van der Waals surface area contributed by atoms with Gasteiger partial charge in [-0.3, -0.25) is 4.90 Å². The average molecular weight is 628 g/mol. The zero-order chi connectivity index (χ0) is 30.9. The van der Waals surface area contributed by atoms with Crippen molar-refractivity contribution in [3.05, 3.63) is 24.2 Å². The molecule has 0 saturated carbocycles. The predicted molar refractivity (Wildman–Crippen MR) is 152 cm³/mol. The minimum Gasteiger partial charge on any atom is -0.444 e. The summed E-state index contributed by atoms with van der Waals surface area (Å²) >= 11 is 1.50. The lowest BCUT2D eigenvalue weighted by Gasteiger charge is -2.47. The molecule has 0 aliphatic carbocycles. The van der Waals surface area contributed by atoms with Crippen LogP contribution in [-0.2, 0) is 18.9 Å². The maximum absolute atomic E-state index is 14.5. The number of carbonyl (C=O) groups is 1. The molecule has 5 atom stereocenters. The fourth-order valence-electron chi connectivity index (χ4n) is 7.23. The van der Waals surface area contributed by atoms with Gasteiger partial charge in [0.1, 0.15) is 47.4 Å². The summed E-state index contributed by atoms with van der Waals surface area (Å²) in [5, 5.41) is 5.25. The van der Waals surface area contributed by atoms with Crippen molar-refractivity contribution in [3.63, 3.8) is 0 Å². The number of aromatic nitrogens is 3. The average Bonchev–Trinajstić information content (AvgIpc) is 3.65. The molecule has 4 saturated heterocycles. The Balaban J connectivity index is 1.27. The van der Waals surface area contributed by atoms with Gasteiger partial charge in [0.05, 0.1) is 11.2 Å². The Bertz CT molecular complexity index is 1360. The Morgan fingerprint density at radius 2 is 1.81 bits per heavy atom. The number of carbonyl (C=O) groups excluding carboxylic acids is 1. The summed E-state index contributed by atoms with van der Waals surface area (Å²) in [4.78, 5) is 20.3. The van der Waals surface area contributed by atoms with Crippen LogP contribution >= 0.6 is 11.8 Å². The third-order valence-electron chi connectivity index (χ3n) is 9.05. The molecule has 4 fully saturated rings. The highest BCUT2D eigenvalue weighted by molar-refractivity contribution is 7.98. The highest BCUT2D eigenvalue weighted by atomic mass is 32.2. The lowest BCUT2D eigenvalue weighted by Crippen LogP contribution is -2.59. The van der Waals surface area contributed by atoms with E-state index in [1.165, 1.54) is 18.1 Å². The first-order valence-corrected chi connectivity index (χ1v) is 16.0. The highest BCUT2D eigenvalue weighted by Crippen LogP contribution is 2.50. The van der Waals surface area contributed by atoms with Gasteiger partial charge < -0.3 is 23.8 Å². The van der Waals surface area contributed by atoms with Gasteiger partial charge in [0, 0.05) is 25.2 Å². The number of piperidine rings is 1. The second kappa shape index (κ2) is 10.7. The molecule has 0 aromatic carbocycles. The molecule has 4 aliphatic rings. The van der Waals surface area contributed by atoms with E-state index in [1.807, 2.05) is 32.2 Å². The number of halogens is 3. The Hall–Kier alpha value is -2.13. The van der Waals surface area contributed by atoms with E-state index in [1.54, 1.807) is 35.1 Å². The first-order chi connectivity index (χ1) is 20.1. The molecule has 0 bridgehead atoms. The van der Waals surface area contributed by atoms with Crippen molar-refractivity contribution in [3.8, 4) is 0 Å². The molecule has 10 nitrogen and oxygen atoms in total. The number of nitrogens with zero attached hydrogens (tertiary/aromatic N) is 5. The van der Waals surface area contributed by atoms with Crippen LogP contribution in [0.5, 0.6) is 0 Å². The van der Waals surface area contributed by atoms with E-state index in [0.717, 1.165) is 16.2 Å². The van der Waals surface area contributed by atoms with Crippen molar-refractivity contribution in [2.45, 2.75) is 119 Å². The molecule has 1 spiro atoms. The minimum atomic E-state index is -4.40. The summed E-state index contributed by atoms with van der Waals surface area (Å²) in [6, 6.07) is 2.22. The monoisotopic (exact) mass is 627 g/mol. The van der Waals surface area contributed by atoms with E-state index in [4.69, 9.17) is 18.9 Å². The number of likely N-dealkylation sites (tertiary alicyclic amines) is 2. The lowest BCUT2D eigenvalue weighted by atomic mass is 9.84. The molecule has 14 heteroatoms. The van der Waals surface area contributed by atoms with Crippen molar-refractivity contribution in [1.82, 2.24) is 24.4 Å². The van der Waals surface area contributed by atoms with Gasteiger partial charge in [0.15, 0.2) is 5.79 Å². The molecule has 0 radical (unpaired) electrons. The molecule has 6 rings (SSSR count). The van der Waals surface area contributed by atoms with Gasteiger partial charge >= 0.3 is 12.3 Å². The normalized spacial score (nSPS) is 30.8. The summed E-state index contributed by atoms with van der Waals surface area (Å²) in [5.74, 6) is -0.924. The van der Waals surface area contributed by atoms with Crippen LogP contribution in [0.2, 0.25) is 0 Å².